The Hall–Kier alpha value is -1.84. The summed E-state index contributed by atoms with van der Waals surface area (Å²) in [5.74, 6) is 0.816. The molecule has 0 bridgehead atoms. The number of aryl methyl sites for hydroxylation is 1. The molecule has 0 aromatic heterocycles. The van der Waals surface area contributed by atoms with Crippen LogP contribution < -0.4 is 10.1 Å². The number of carbonyl (C=O) groups is 1. The van der Waals surface area contributed by atoms with Gasteiger partial charge in [0.2, 0.25) is 0 Å². The molecule has 150 valence electrons. The molecule has 2 aliphatic heterocycles. The van der Waals surface area contributed by atoms with Crippen LogP contribution in [0, 0.1) is 6.92 Å². The van der Waals surface area contributed by atoms with Crippen molar-refractivity contribution in [2.24, 2.45) is 0 Å². The van der Waals surface area contributed by atoms with E-state index in [1.807, 2.05) is 25.1 Å². The number of hydrogen-bond acceptors (Lipinski definition) is 4. The number of nitrogens with one attached hydrogen (secondary N) is 1. The molecule has 1 atom stereocenters. The third-order valence-corrected chi connectivity index (χ3v) is 6.89. The summed E-state index contributed by atoms with van der Waals surface area (Å²) in [5, 5.41) is 3.01. The lowest BCUT2D eigenvalue weighted by Crippen LogP contribution is -2.54. The van der Waals surface area contributed by atoms with Gasteiger partial charge >= 0.3 is 6.03 Å². The zero-order valence-electron chi connectivity index (χ0n) is 16.1. The summed E-state index contributed by atoms with van der Waals surface area (Å²) in [6.45, 7) is 4.21. The first kappa shape index (κ1) is 19.9. The summed E-state index contributed by atoms with van der Waals surface area (Å²) in [6, 6.07) is 5.60. The highest BCUT2D eigenvalue weighted by Crippen LogP contribution is 2.24. The molecule has 1 aromatic carbocycles. The van der Waals surface area contributed by atoms with Gasteiger partial charge in [-0.2, -0.15) is 17.0 Å². The van der Waals surface area contributed by atoms with Crippen LogP contribution in [0.25, 0.3) is 0 Å². The zero-order valence-corrected chi connectivity index (χ0v) is 17.0. The smallest absolute Gasteiger partial charge is 0.318 e. The number of hydrogen-bond donors (Lipinski definition) is 1. The van der Waals surface area contributed by atoms with Crippen molar-refractivity contribution in [1.29, 1.82) is 0 Å². The molecule has 3 rings (SSSR count). The molecule has 0 saturated carbocycles. The minimum atomic E-state index is -3.46. The quantitative estimate of drug-likeness (QED) is 0.832. The Morgan fingerprint density at radius 2 is 2.07 bits per heavy atom. The molecule has 1 saturated heterocycles. The van der Waals surface area contributed by atoms with E-state index in [0.717, 1.165) is 29.7 Å². The minimum Gasteiger partial charge on any atom is -0.491 e. The van der Waals surface area contributed by atoms with Gasteiger partial charge in [-0.25, -0.2) is 4.79 Å². The van der Waals surface area contributed by atoms with Crippen molar-refractivity contribution in [3.8, 4) is 5.75 Å². The molecule has 1 aromatic rings. The maximum atomic E-state index is 12.8. The van der Waals surface area contributed by atoms with Gasteiger partial charge < -0.3 is 15.0 Å². The first-order chi connectivity index (χ1) is 12.8. The van der Waals surface area contributed by atoms with Gasteiger partial charge in [0.15, 0.2) is 0 Å². The first-order valence-corrected chi connectivity index (χ1v) is 10.6. The summed E-state index contributed by atoms with van der Waals surface area (Å²) < 4.78 is 33.1. The van der Waals surface area contributed by atoms with Crippen LogP contribution in [0.2, 0.25) is 0 Å². The topological polar surface area (TPSA) is 82.2 Å². The Morgan fingerprint density at radius 3 is 2.81 bits per heavy atom. The van der Waals surface area contributed by atoms with E-state index in [-0.39, 0.29) is 12.1 Å². The molecule has 27 heavy (non-hydrogen) atoms. The molecule has 9 heteroatoms. The van der Waals surface area contributed by atoms with Gasteiger partial charge in [-0.3, -0.25) is 0 Å². The third-order valence-electron chi connectivity index (χ3n) is 4.98. The summed E-state index contributed by atoms with van der Waals surface area (Å²) in [4.78, 5) is 14.5. The van der Waals surface area contributed by atoms with Crippen molar-refractivity contribution in [2.45, 2.75) is 32.4 Å². The van der Waals surface area contributed by atoms with Crippen molar-refractivity contribution >= 4 is 16.2 Å². The second kappa shape index (κ2) is 8.04. The second-order valence-electron chi connectivity index (χ2n) is 7.32. The molecular weight excluding hydrogens is 368 g/mol. The van der Waals surface area contributed by atoms with Crippen molar-refractivity contribution in [2.75, 3.05) is 40.3 Å². The van der Waals surface area contributed by atoms with E-state index in [9.17, 15) is 13.2 Å². The lowest BCUT2D eigenvalue weighted by Gasteiger charge is -2.34. The fraction of sp³-hybridized carbons (Fsp3) is 0.611. The molecule has 0 aliphatic carbocycles. The lowest BCUT2D eigenvalue weighted by atomic mass is 10.1. The first-order valence-electron chi connectivity index (χ1n) is 9.23. The van der Waals surface area contributed by atoms with Crippen LogP contribution in [0.15, 0.2) is 18.2 Å². The monoisotopic (exact) mass is 396 g/mol. The summed E-state index contributed by atoms with van der Waals surface area (Å²) >= 11 is 0. The fourth-order valence-corrected chi connectivity index (χ4v) is 4.65. The molecule has 1 N–H and O–H groups in total. The predicted molar refractivity (Wildman–Crippen MR) is 103 cm³/mol. The van der Waals surface area contributed by atoms with Crippen LogP contribution in [0.5, 0.6) is 5.75 Å². The molecule has 1 fully saturated rings. The number of piperidine rings is 1. The number of fused-ring (bicyclic) bond motifs is 1. The SMILES string of the molecule is Cc1ccc2c(c1)CN(C(=O)N[C@@H]1CCCN(S(=O)(=O)N(C)C)C1)CCO2. The summed E-state index contributed by atoms with van der Waals surface area (Å²) in [5.41, 5.74) is 2.11. The Labute approximate surface area is 161 Å². The van der Waals surface area contributed by atoms with E-state index in [0.29, 0.717) is 32.8 Å². The average molecular weight is 397 g/mol. The van der Waals surface area contributed by atoms with Gasteiger partial charge in [0.25, 0.3) is 10.2 Å². The summed E-state index contributed by atoms with van der Waals surface area (Å²) in [7, 11) is -0.418. The Morgan fingerprint density at radius 1 is 1.30 bits per heavy atom. The van der Waals surface area contributed by atoms with E-state index < -0.39 is 10.2 Å². The number of nitrogens with zero attached hydrogens (tertiary/aromatic N) is 3. The van der Waals surface area contributed by atoms with E-state index >= 15 is 0 Å². The Bertz CT molecular complexity index is 797. The van der Waals surface area contributed by atoms with Crippen molar-refractivity contribution in [1.82, 2.24) is 18.8 Å². The number of ether oxygens (including phenoxy) is 1. The number of amides is 2. The van der Waals surface area contributed by atoms with E-state index in [2.05, 4.69) is 5.32 Å². The van der Waals surface area contributed by atoms with Crippen molar-refractivity contribution < 1.29 is 17.9 Å². The molecule has 2 heterocycles. The van der Waals surface area contributed by atoms with E-state index in [1.165, 1.54) is 22.7 Å². The molecular formula is C18H28N4O4S. The van der Waals surface area contributed by atoms with Crippen LogP contribution in [-0.4, -0.2) is 74.3 Å². The van der Waals surface area contributed by atoms with Gasteiger partial charge in [0.1, 0.15) is 12.4 Å². The molecule has 2 amide bonds. The molecule has 0 spiro atoms. The number of rotatable bonds is 3. The number of benzene rings is 1. The van der Waals surface area contributed by atoms with Gasteiger partial charge in [-0.05, 0) is 25.8 Å². The molecule has 0 unspecified atom stereocenters. The van der Waals surface area contributed by atoms with Crippen LogP contribution in [0.1, 0.15) is 24.0 Å². The van der Waals surface area contributed by atoms with Gasteiger partial charge in [0, 0.05) is 38.8 Å². The van der Waals surface area contributed by atoms with Crippen LogP contribution in [0.3, 0.4) is 0 Å². The van der Waals surface area contributed by atoms with E-state index in [4.69, 9.17) is 4.74 Å². The normalized spacial score (nSPS) is 21.3. The number of urea groups is 1. The Balaban J connectivity index is 1.64. The number of carbonyl (C=O) groups excluding carboxylic acids is 1. The predicted octanol–water partition coefficient (Wildman–Crippen LogP) is 1.17. The van der Waals surface area contributed by atoms with Gasteiger partial charge in [0.05, 0.1) is 13.1 Å². The average Bonchev–Trinajstić information content (AvgIpc) is 2.83. The van der Waals surface area contributed by atoms with Crippen LogP contribution in [-0.2, 0) is 16.8 Å². The largest absolute Gasteiger partial charge is 0.491 e. The standard InChI is InChI=1S/C18H28N4O4S/c1-14-6-7-17-15(11-14)12-21(9-10-26-17)18(23)19-16-5-4-8-22(13-16)27(24,25)20(2)3/h6-7,11,16H,4-5,8-10,12-13H2,1-3H3,(H,19,23)/t16-/m1/s1. The molecule has 8 nitrogen and oxygen atoms in total. The third kappa shape index (κ3) is 4.53. The van der Waals surface area contributed by atoms with Gasteiger partial charge in [-0.1, -0.05) is 17.7 Å². The highest BCUT2D eigenvalue weighted by molar-refractivity contribution is 7.86. The van der Waals surface area contributed by atoms with Crippen molar-refractivity contribution in [3.63, 3.8) is 0 Å². The molecule has 2 aliphatic rings. The maximum Gasteiger partial charge on any atom is 0.318 e. The molecule has 0 radical (unpaired) electrons. The highest BCUT2D eigenvalue weighted by atomic mass is 32.2. The maximum absolute atomic E-state index is 12.8. The zero-order chi connectivity index (χ0) is 19.6. The highest BCUT2D eigenvalue weighted by Gasteiger charge is 2.32. The Kier molecular flexibility index (Phi) is 5.92. The van der Waals surface area contributed by atoms with Crippen LogP contribution >= 0.6 is 0 Å². The fourth-order valence-electron chi connectivity index (χ4n) is 3.46. The summed E-state index contributed by atoms with van der Waals surface area (Å²) in [6.07, 6.45) is 1.49. The van der Waals surface area contributed by atoms with E-state index in [1.54, 1.807) is 4.90 Å². The minimum absolute atomic E-state index is 0.179. The van der Waals surface area contributed by atoms with Gasteiger partial charge in [-0.15, -0.1) is 0 Å². The second-order valence-corrected chi connectivity index (χ2v) is 9.46. The van der Waals surface area contributed by atoms with Crippen molar-refractivity contribution in [3.05, 3.63) is 29.3 Å². The van der Waals surface area contributed by atoms with Crippen LogP contribution in [0.4, 0.5) is 4.79 Å². The lowest BCUT2D eigenvalue weighted by molar-refractivity contribution is 0.176.